The van der Waals surface area contributed by atoms with Crippen LogP contribution in [-0.2, 0) is 0 Å². The third-order valence-corrected chi connectivity index (χ3v) is 3.72. The number of nitrogens with zero attached hydrogens (tertiary/aromatic N) is 1. The standard InChI is InChI=1S/C10H7BrFNOS/c11-8-5-15-4-7(8)10(14)9-2-1-6(12)3-13-9/h1-5,10,14H. The van der Waals surface area contributed by atoms with Crippen molar-refractivity contribution in [3.8, 4) is 0 Å². The molecule has 5 heteroatoms. The van der Waals surface area contributed by atoms with E-state index in [1.54, 1.807) is 0 Å². The van der Waals surface area contributed by atoms with Gasteiger partial charge in [0.2, 0.25) is 0 Å². The lowest BCUT2D eigenvalue weighted by Gasteiger charge is -2.08. The minimum Gasteiger partial charge on any atom is -0.382 e. The van der Waals surface area contributed by atoms with Crippen LogP contribution in [0.3, 0.4) is 0 Å². The summed E-state index contributed by atoms with van der Waals surface area (Å²) in [4.78, 5) is 3.83. The Kier molecular flexibility index (Phi) is 3.14. The fourth-order valence-corrected chi connectivity index (χ4v) is 2.73. The maximum atomic E-state index is 12.6. The van der Waals surface area contributed by atoms with E-state index < -0.39 is 11.9 Å². The number of thiophene rings is 1. The molecule has 2 nitrogen and oxygen atoms in total. The van der Waals surface area contributed by atoms with E-state index in [1.807, 2.05) is 10.8 Å². The number of pyridine rings is 1. The van der Waals surface area contributed by atoms with E-state index in [9.17, 15) is 9.50 Å². The lowest BCUT2D eigenvalue weighted by Crippen LogP contribution is -2.01. The van der Waals surface area contributed by atoms with Gasteiger partial charge in [0.1, 0.15) is 11.9 Å². The van der Waals surface area contributed by atoms with Crippen molar-refractivity contribution >= 4 is 27.3 Å². The molecule has 2 aromatic heterocycles. The quantitative estimate of drug-likeness (QED) is 0.921. The molecule has 0 aliphatic heterocycles. The molecule has 15 heavy (non-hydrogen) atoms. The van der Waals surface area contributed by atoms with Gasteiger partial charge in [0.15, 0.2) is 0 Å². The van der Waals surface area contributed by atoms with Crippen LogP contribution in [0.2, 0.25) is 0 Å². The molecule has 1 N–H and O–H groups in total. The molecule has 2 rings (SSSR count). The van der Waals surface area contributed by atoms with Crippen LogP contribution in [0.15, 0.2) is 33.6 Å². The molecular formula is C10H7BrFNOS. The normalized spacial score (nSPS) is 12.7. The zero-order valence-electron chi connectivity index (χ0n) is 7.52. The Hall–Kier alpha value is -0.780. The van der Waals surface area contributed by atoms with Crippen LogP contribution in [-0.4, -0.2) is 10.1 Å². The minimum atomic E-state index is -0.814. The third-order valence-electron chi connectivity index (χ3n) is 1.97. The fourth-order valence-electron chi connectivity index (χ4n) is 1.19. The van der Waals surface area contributed by atoms with E-state index in [0.717, 1.165) is 16.2 Å². The first-order valence-electron chi connectivity index (χ1n) is 4.19. The highest BCUT2D eigenvalue weighted by molar-refractivity contribution is 9.10. The van der Waals surface area contributed by atoms with Crippen molar-refractivity contribution in [3.05, 3.63) is 50.6 Å². The number of halogens is 2. The summed E-state index contributed by atoms with van der Waals surface area (Å²) in [6.45, 7) is 0. The molecule has 0 radical (unpaired) electrons. The molecule has 0 aliphatic carbocycles. The molecule has 0 aliphatic rings. The average Bonchev–Trinajstić information content (AvgIpc) is 2.65. The number of hydrogen-bond donors (Lipinski definition) is 1. The second kappa shape index (κ2) is 4.38. The molecule has 1 unspecified atom stereocenters. The molecule has 2 aromatic rings. The van der Waals surface area contributed by atoms with Gasteiger partial charge in [-0.1, -0.05) is 0 Å². The van der Waals surface area contributed by atoms with Crippen molar-refractivity contribution in [2.75, 3.05) is 0 Å². The molecular weight excluding hydrogens is 281 g/mol. The van der Waals surface area contributed by atoms with E-state index >= 15 is 0 Å². The predicted molar refractivity (Wildman–Crippen MR) is 60.3 cm³/mol. The van der Waals surface area contributed by atoms with Crippen LogP contribution in [0, 0.1) is 5.82 Å². The molecule has 0 saturated carbocycles. The average molecular weight is 288 g/mol. The van der Waals surface area contributed by atoms with Crippen molar-refractivity contribution in [3.63, 3.8) is 0 Å². The highest BCUT2D eigenvalue weighted by Crippen LogP contribution is 2.30. The summed E-state index contributed by atoms with van der Waals surface area (Å²) in [5.74, 6) is -0.407. The lowest BCUT2D eigenvalue weighted by molar-refractivity contribution is 0.215. The van der Waals surface area contributed by atoms with Crippen LogP contribution in [0.25, 0.3) is 0 Å². The Balaban J connectivity index is 2.32. The summed E-state index contributed by atoms with van der Waals surface area (Å²) in [6.07, 6.45) is 0.282. The zero-order valence-corrected chi connectivity index (χ0v) is 9.93. The number of aliphatic hydroxyl groups excluding tert-OH is 1. The summed E-state index contributed by atoms with van der Waals surface area (Å²) in [5.41, 5.74) is 1.19. The Morgan fingerprint density at radius 3 is 2.73 bits per heavy atom. The van der Waals surface area contributed by atoms with Gasteiger partial charge in [-0.3, -0.25) is 4.98 Å². The maximum Gasteiger partial charge on any atom is 0.141 e. The predicted octanol–water partition coefficient (Wildman–Crippen LogP) is 3.13. The Labute approximate surface area is 98.5 Å². The second-order valence-corrected chi connectivity index (χ2v) is 4.58. The van der Waals surface area contributed by atoms with Crippen LogP contribution < -0.4 is 0 Å². The SMILES string of the molecule is OC(c1ccc(F)cn1)c1cscc1Br. The summed E-state index contributed by atoms with van der Waals surface area (Å²) < 4.78 is 13.5. The molecule has 0 fully saturated rings. The third kappa shape index (κ3) is 2.25. The van der Waals surface area contributed by atoms with Gasteiger partial charge in [0, 0.05) is 15.4 Å². The lowest BCUT2D eigenvalue weighted by atomic mass is 10.1. The Morgan fingerprint density at radius 2 is 2.20 bits per heavy atom. The van der Waals surface area contributed by atoms with Gasteiger partial charge in [-0.15, -0.1) is 0 Å². The van der Waals surface area contributed by atoms with Gasteiger partial charge < -0.3 is 5.11 Å². The molecule has 78 valence electrons. The van der Waals surface area contributed by atoms with E-state index in [1.165, 1.54) is 23.5 Å². The first-order chi connectivity index (χ1) is 7.18. The molecule has 1 atom stereocenters. The van der Waals surface area contributed by atoms with Crippen molar-refractivity contribution in [2.24, 2.45) is 0 Å². The molecule has 0 amide bonds. The number of aromatic nitrogens is 1. The van der Waals surface area contributed by atoms with Gasteiger partial charge in [-0.25, -0.2) is 4.39 Å². The fraction of sp³-hybridized carbons (Fsp3) is 0.100. The number of rotatable bonds is 2. The topological polar surface area (TPSA) is 33.1 Å². The van der Waals surface area contributed by atoms with Gasteiger partial charge in [-0.05, 0) is 33.4 Å². The molecule has 0 spiro atoms. The van der Waals surface area contributed by atoms with Crippen LogP contribution in [0.4, 0.5) is 4.39 Å². The highest BCUT2D eigenvalue weighted by Gasteiger charge is 2.15. The van der Waals surface area contributed by atoms with Crippen LogP contribution in [0.5, 0.6) is 0 Å². The summed E-state index contributed by atoms with van der Waals surface area (Å²) in [5, 5.41) is 13.7. The first kappa shape index (κ1) is 10.7. The van der Waals surface area contributed by atoms with Gasteiger partial charge in [0.05, 0.1) is 11.9 Å². The van der Waals surface area contributed by atoms with Crippen molar-refractivity contribution in [1.29, 1.82) is 0 Å². The van der Waals surface area contributed by atoms with Crippen molar-refractivity contribution in [2.45, 2.75) is 6.10 Å². The van der Waals surface area contributed by atoms with E-state index in [0.29, 0.717) is 5.69 Å². The molecule has 0 aromatic carbocycles. The second-order valence-electron chi connectivity index (χ2n) is 2.98. The van der Waals surface area contributed by atoms with Crippen molar-refractivity contribution < 1.29 is 9.50 Å². The largest absolute Gasteiger partial charge is 0.382 e. The molecule has 0 bridgehead atoms. The number of aliphatic hydroxyl groups is 1. The highest BCUT2D eigenvalue weighted by atomic mass is 79.9. The van der Waals surface area contributed by atoms with Gasteiger partial charge in [-0.2, -0.15) is 11.3 Å². The van der Waals surface area contributed by atoms with E-state index in [4.69, 9.17) is 0 Å². The van der Waals surface area contributed by atoms with Crippen molar-refractivity contribution in [1.82, 2.24) is 4.98 Å². The van der Waals surface area contributed by atoms with E-state index in [-0.39, 0.29) is 0 Å². The summed E-state index contributed by atoms with van der Waals surface area (Å²) in [7, 11) is 0. The zero-order chi connectivity index (χ0) is 10.8. The molecule has 0 saturated heterocycles. The maximum absolute atomic E-state index is 12.6. The number of hydrogen-bond acceptors (Lipinski definition) is 3. The van der Waals surface area contributed by atoms with Crippen LogP contribution in [0.1, 0.15) is 17.4 Å². The first-order valence-corrected chi connectivity index (χ1v) is 5.93. The summed E-state index contributed by atoms with van der Waals surface area (Å²) in [6, 6.07) is 2.76. The minimum absolute atomic E-state index is 0.407. The van der Waals surface area contributed by atoms with Gasteiger partial charge >= 0.3 is 0 Å². The van der Waals surface area contributed by atoms with E-state index in [2.05, 4.69) is 20.9 Å². The smallest absolute Gasteiger partial charge is 0.141 e. The molecule has 2 heterocycles. The van der Waals surface area contributed by atoms with Gasteiger partial charge in [0.25, 0.3) is 0 Å². The summed E-state index contributed by atoms with van der Waals surface area (Å²) >= 11 is 4.81. The van der Waals surface area contributed by atoms with Crippen LogP contribution >= 0.6 is 27.3 Å². The Bertz CT molecular complexity index is 457. The Morgan fingerprint density at radius 1 is 1.40 bits per heavy atom. The monoisotopic (exact) mass is 287 g/mol.